The second-order valence-corrected chi connectivity index (χ2v) is 9.09. The lowest BCUT2D eigenvalue weighted by Gasteiger charge is -2.28. The molecule has 1 N–H and O–H groups in total. The minimum atomic E-state index is -0.796. The molecule has 0 aliphatic carbocycles. The van der Waals surface area contributed by atoms with Crippen LogP contribution in [0.3, 0.4) is 0 Å². The van der Waals surface area contributed by atoms with Gasteiger partial charge in [-0.1, -0.05) is 40.2 Å². The Morgan fingerprint density at radius 1 is 1.06 bits per heavy atom. The number of nitrogens with one attached hydrogen (secondary N) is 1. The Labute approximate surface area is 210 Å². The summed E-state index contributed by atoms with van der Waals surface area (Å²) in [6, 6.07) is 14.3. The number of anilines is 1. The van der Waals surface area contributed by atoms with Crippen molar-refractivity contribution in [3.63, 3.8) is 0 Å². The lowest BCUT2D eigenvalue weighted by molar-refractivity contribution is -0.122. The highest BCUT2D eigenvalue weighted by molar-refractivity contribution is 9.10. The Hall–Kier alpha value is -3.78. The van der Waals surface area contributed by atoms with Crippen LogP contribution in [0.5, 0.6) is 5.75 Å². The molecule has 1 aliphatic rings. The zero-order valence-electron chi connectivity index (χ0n) is 19.3. The van der Waals surface area contributed by atoms with Gasteiger partial charge in [-0.3, -0.25) is 14.9 Å². The monoisotopic (exact) mass is 536 g/mol. The van der Waals surface area contributed by atoms with E-state index >= 15 is 0 Å². The van der Waals surface area contributed by atoms with Gasteiger partial charge in [-0.15, -0.1) is 0 Å². The number of aryl methyl sites for hydroxylation is 2. The summed E-state index contributed by atoms with van der Waals surface area (Å²) < 4.78 is 19.8. The number of barbiturate groups is 1. The van der Waals surface area contributed by atoms with Gasteiger partial charge in [0.05, 0.1) is 12.8 Å². The Balaban J connectivity index is 1.72. The van der Waals surface area contributed by atoms with Crippen molar-refractivity contribution in [2.75, 3.05) is 12.0 Å². The number of amides is 4. The van der Waals surface area contributed by atoms with Crippen LogP contribution in [0, 0.1) is 19.7 Å². The second kappa shape index (κ2) is 9.84. The first-order valence-corrected chi connectivity index (χ1v) is 11.6. The van der Waals surface area contributed by atoms with Gasteiger partial charge in [-0.25, -0.2) is 14.1 Å². The summed E-state index contributed by atoms with van der Waals surface area (Å²) in [5.74, 6) is -1.32. The molecule has 3 aromatic rings. The maximum atomic E-state index is 13.6. The third-order valence-electron chi connectivity index (χ3n) is 5.68. The molecule has 1 fully saturated rings. The Morgan fingerprint density at radius 2 is 1.83 bits per heavy atom. The molecule has 0 spiro atoms. The number of halogens is 2. The van der Waals surface area contributed by atoms with E-state index in [4.69, 9.17) is 4.74 Å². The number of imide groups is 2. The molecule has 178 valence electrons. The molecule has 4 amide bonds. The Morgan fingerprint density at radius 3 is 2.54 bits per heavy atom. The van der Waals surface area contributed by atoms with Crippen molar-refractivity contribution in [1.82, 2.24) is 5.32 Å². The normalized spacial score (nSPS) is 14.9. The molecule has 0 unspecified atom stereocenters. The van der Waals surface area contributed by atoms with Crippen LogP contribution in [0.4, 0.5) is 14.9 Å². The first-order chi connectivity index (χ1) is 16.7. The zero-order valence-corrected chi connectivity index (χ0v) is 20.9. The van der Waals surface area contributed by atoms with Crippen molar-refractivity contribution < 1.29 is 23.5 Å². The highest BCUT2D eigenvalue weighted by Gasteiger charge is 2.37. The number of benzene rings is 3. The Bertz CT molecular complexity index is 1400. The molecule has 0 atom stereocenters. The molecule has 0 radical (unpaired) electrons. The molecule has 0 aromatic heterocycles. The van der Waals surface area contributed by atoms with Gasteiger partial charge >= 0.3 is 6.03 Å². The van der Waals surface area contributed by atoms with E-state index in [-0.39, 0.29) is 11.4 Å². The molecule has 1 aliphatic heterocycles. The molecular weight excluding hydrogens is 515 g/mol. The van der Waals surface area contributed by atoms with Gasteiger partial charge in [0.1, 0.15) is 17.1 Å². The predicted molar refractivity (Wildman–Crippen MR) is 135 cm³/mol. The van der Waals surface area contributed by atoms with Crippen molar-refractivity contribution in [2.45, 2.75) is 20.3 Å². The van der Waals surface area contributed by atoms with Crippen LogP contribution in [-0.4, -0.2) is 25.0 Å². The summed E-state index contributed by atoms with van der Waals surface area (Å²) in [5.41, 5.74) is 3.89. The maximum Gasteiger partial charge on any atom is 0.335 e. The van der Waals surface area contributed by atoms with Crippen molar-refractivity contribution in [3.8, 4) is 5.75 Å². The van der Waals surface area contributed by atoms with Gasteiger partial charge in [0.2, 0.25) is 0 Å². The lowest BCUT2D eigenvalue weighted by Crippen LogP contribution is -2.54. The highest BCUT2D eigenvalue weighted by atomic mass is 79.9. The zero-order chi connectivity index (χ0) is 25.3. The fraction of sp³-hybridized carbons (Fsp3) is 0.148. The van der Waals surface area contributed by atoms with Crippen LogP contribution in [0.2, 0.25) is 0 Å². The molecule has 6 nitrogen and oxygen atoms in total. The van der Waals surface area contributed by atoms with E-state index in [2.05, 4.69) is 21.2 Å². The molecule has 1 saturated heterocycles. The van der Waals surface area contributed by atoms with Crippen LogP contribution in [0.25, 0.3) is 6.08 Å². The van der Waals surface area contributed by atoms with Gasteiger partial charge in [0.25, 0.3) is 11.8 Å². The number of hydrogen-bond acceptors (Lipinski definition) is 4. The van der Waals surface area contributed by atoms with E-state index < -0.39 is 17.8 Å². The number of hydrogen-bond donors (Lipinski definition) is 1. The number of methoxy groups -OCH3 is 1. The summed E-state index contributed by atoms with van der Waals surface area (Å²) in [6.45, 7) is 3.64. The fourth-order valence-corrected chi connectivity index (χ4v) is 4.52. The number of urea groups is 1. The van der Waals surface area contributed by atoms with E-state index in [1.807, 2.05) is 25.1 Å². The summed E-state index contributed by atoms with van der Waals surface area (Å²) >= 11 is 3.53. The topological polar surface area (TPSA) is 75.7 Å². The van der Waals surface area contributed by atoms with Crippen LogP contribution < -0.4 is 15.0 Å². The minimum absolute atomic E-state index is 0.183. The van der Waals surface area contributed by atoms with Crippen LogP contribution in [0.15, 0.2) is 64.6 Å². The van der Waals surface area contributed by atoms with Gasteiger partial charge in [-0.05, 0) is 72.5 Å². The van der Waals surface area contributed by atoms with Gasteiger partial charge in [0, 0.05) is 16.5 Å². The first-order valence-electron chi connectivity index (χ1n) is 10.8. The van der Waals surface area contributed by atoms with Crippen molar-refractivity contribution in [2.24, 2.45) is 0 Å². The predicted octanol–water partition coefficient (Wildman–Crippen LogP) is 5.47. The third kappa shape index (κ3) is 5.02. The van der Waals surface area contributed by atoms with E-state index in [1.54, 1.807) is 31.2 Å². The summed E-state index contributed by atoms with van der Waals surface area (Å²) in [5, 5.41) is 2.25. The van der Waals surface area contributed by atoms with Gasteiger partial charge < -0.3 is 4.74 Å². The van der Waals surface area contributed by atoms with E-state index in [9.17, 15) is 18.8 Å². The molecule has 0 saturated carbocycles. The molecule has 0 bridgehead atoms. The molecule has 8 heteroatoms. The van der Waals surface area contributed by atoms with Crippen molar-refractivity contribution in [1.29, 1.82) is 0 Å². The number of ether oxygens (including phenoxy) is 1. The number of carbonyl (C=O) groups is 3. The van der Waals surface area contributed by atoms with Gasteiger partial charge in [-0.2, -0.15) is 0 Å². The van der Waals surface area contributed by atoms with Crippen molar-refractivity contribution >= 4 is 45.5 Å². The number of nitrogens with zero attached hydrogens (tertiary/aromatic N) is 1. The Kier molecular flexibility index (Phi) is 6.84. The maximum absolute atomic E-state index is 13.6. The highest BCUT2D eigenvalue weighted by Crippen LogP contribution is 2.33. The minimum Gasteiger partial charge on any atom is -0.496 e. The first kappa shape index (κ1) is 24.3. The molecule has 4 rings (SSSR count). The molecular formula is C27H22BrFN2O4. The van der Waals surface area contributed by atoms with Crippen molar-refractivity contribution in [3.05, 3.63) is 98.3 Å². The molecule has 1 heterocycles. The summed E-state index contributed by atoms with van der Waals surface area (Å²) in [7, 11) is 1.51. The fourth-order valence-electron chi connectivity index (χ4n) is 3.92. The molecule has 3 aromatic carbocycles. The largest absolute Gasteiger partial charge is 0.496 e. The summed E-state index contributed by atoms with van der Waals surface area (Å²) in [6.07, 6.45) is 1.83. The van der Waals surface area contributed by atoms with Gasteiger partial charge in [0.15, 0.2) is 0 Å². The summed E-state index contributed by atoms with van der Waals surface area (Å²) in [4.78, 5) is 39.4. The van der Waals surface area contributed by atoms with Crippen LogP contribution in [0.1, 0.15) is 27.8 Å². The van der Waals surface area contributed by atoms with Crippen LogP contribution in [-0.2, 0) is 16.0 Å². The smallest absolute Gasteiger partial charge is 0.335 e. The standard InChI is InChI=1S/C27H22BrFN2O4/c1-15-7-8-16(2)23(9-15)31-26(33)21(25(32)30-27(31)34)12-18-13-22(28)20(24(14-18)35-3)11-17-5-4-6-19(29)10-17/h4-10,12-14H,11H2,1-3H3,(H,30,32,34)/b21-12+. The average Bonchev–Trinajstić information content (AvgIpc) is 2.80. The van der Waals surface area contributed by atoms with E-state index in [0.29, 0.717) is 27.9 Å². The van der Waals surface area contributed by atoms with Crippen LogP contribution >= 0.6 is 15.9 Å². The molecule has 35 heavy (non-hydrogen) atoms. The second-order valence-electron chi connectivity index (χ2n) is 8.24. The third-order valence-corrected chi connectivity index (χ3v) is 6.39. The number of rotatable bonds is 5. The number of carbonyl (C=O) groups excluding carboxylic acids is 3. The lowest BCUT2D eigenvalue weighted by atomic mass is 10.00. The van der Waals surface area contributed by atoms with E-state index in [0.717, 1.165) is 27.2 Å². The van der Waals surface area contributed by atoms with E-state index in [1.165, 1.54) is 25.3 Å². The average molecular weight is 537 g/mol. The SMILES string of the molecule is COc1cc(/C=C2\C(=O)NC(=O)N(c3cc(C)ccc3C)C2=O)cc(Br)c1Cc1cccc(F)c1. The quantitative estimate of drug-likeness (QED) is 0.346.